The largest absolute Gasteiger partial charge is 0.468 e. The van der Waals surface area contributed by atoms with Crippen LogP contribution < -0.4 is 0 Å². The highest BCUT2D eigenvalue weighted by atomic mass is 16.5. The molecule has 0 bridgehead atoms. The van der Waals surface area contributed by atoms with Crippen molar-refractivity contribution in [3.05, 3.63) is 0 Å². The highest BCUT2D eigenvalue weighted by Crippen LogP contribution is 2.19. The van der Waals surface area contributed by atoms with Crippen molar-refractivity contribution in [1.82, 2.24) is 4.90 Å². The first-order valence-electron chi connectivity index (χ1n) is 5.51. The van der Waals surface area contributed by atoms with E-state index in [-0.39, 0.29) is 12.0 Å². The van der Waals surface area contributed by atoms with Crippen LogP contribution in [0.1, 0.15) is 33.1 Å². The van der Waals surface area contributed by atoms with Crippen LogP contribution in [0.3, 0.4) is 0 Å². The number of methoxy groups -OCH3 is 1. The van der Waals surface area contributed by atoms with Gasteiger partial charge in [-0.3, -0.25) is 9.69 Å². The van der Waals surface area contributed by atoms with Crippen LogP contribution in [0.2, 0.25) is 0 Å². The van der Waals surface area contributed by atoms with Gasteiger partial charge in [-0.15, -0.1) is 0 Å². The molecule has 3 nitrogen and oxygen atoms in total. The summed E-state index contributed by atoms with van der Waals surface area (Å²) >= 11 is 0. The molecule has 0 N–H and O–H groups in total. The molecule has 0 saturated carbocycles. The summed E-state index contributed by atoms with van der Waals surface area (Å²) in [6, 6.07) is -0.0252. The normalized spacial score (nSPS) is 25.8. The van der Waals surface area contributed by atoms with Crippen LogP contribution in [-0.4, -0.2) is 37.1 Å². The maximum Gasteiger partial charge on any atom is 0.323 e. The Bertz CT molecular complexity index is 194. The number of esters is 1. The van der Waals surface area contributed by atoms with Crippen LogP contribution in [0.15, 0.2) is 0 Å². The van der Waals surface area contributed by atoms with Crippen LogP contribution in [-0.2, 0) is 9.53 Å². The highest BCUT2D eigenvalue weighted by molar-refractivity contribution is 5.75. The van der Waals surface area contributed by atoms with Crippen molar-refractivity contribution in [2.24, 2.45) is 5.92 Å². The lowest BCUT2D eigenvalue weighted by molar-refractivity contribution is -0.147. The van der Waals surface area contributed by atoms with Gasteiger partial charge in [0.05, 0.1) is 7.11 Å². The van der Waals surface area contributed by atoms with Gasteiger partial charge in [0.25, 0.3) is 0 Å². The van der Waals surface area contributed by atoms with Crippen LogP contribution in [0, 0.1) is 5.92 Å². The molecule has 1 heterocycles. The van der Waals surface area contributed by atoms with E-state index in [1.165, 1.54) is 20.0 Å². The molecule has 1 saturated heterocycles. The summed E-state index contributed by atoms with van der Waals surface area (Å²) in [5, 5.41) is 0. The SMILES string of the molecule is CCC(C(=O)OC)N1CCCC(C)C1. The highest BCUT2D eigenvalue weighted by Gasteiger charge is 2.28. The van der Waals surface area contributed by atoms with Crippen molar-refractivity contribution in [1.29, 1.82) is 0 Å². The summed E-state index contributed by atoms with van der Waals surface area (Å²) in [5.74, 6) is 0.629. The molecule has 0 aliphatic carbocycles. The molecule has 2 unspecified atom stereocenters. The van der Waals surface area contributed by atoms with Crippen molar-refractivity contribution in [3.8, 4) is 0 Å². The molecule has 82 valence electrons. The van der Waals surface area contributed by atoms with Gasteiger partial charge in [0, 0.05) is 6.54 Å². The Kier molecular flexibility index (Phi) is 4.39. The molecule has 14 heavy (non-hydrogen) atoms. The van der Waals surface area contributed by atoms with Crippen molar-refractivity contribution in [2.45, 2.75) is 39.2 Å². The van der Waals surface area contributed by atoms with Crippen LogP contribution >= 0.6 is 0 Å². The third-order valence-corrected chi connectivity index (χ3v) is 2.99. The molecule has 0 amide bonds. The minimum absolute atomic E-state index is 0.0252. The minimum atomic E-state index is -0.0819. The third kappa shape index (κ3) is 2.71. The lowest BCUT2D eigenvalue weighted by Gasteiger charge is -2.35. The molecular weight excluding hydrogens is 178 g/mol. The first-order chi connectivity index (χ1) is 6.69. The second-order valence-corrected chi connectivity index (χ2v) is 4.19. The minimum Gasteiger partial charge on any atom is -0.468 e. The Morgan fingerprint density at radius 1 is 1.64 bits per heavy atom. The number of ether oxygens (including phenoxy) is 1. The number of carbonyl (C=O) groups excluding carboxylic acids is 1. The second-order valence-electron chi connectivity index (χ2n) is 4.19. The Balaban J connectivity index is 2.54. The average molecular weight is 199 g/mol. The first kappa shape index (κ1) is 11.5. The molecule has 0 aromatic rings. The van der Waals surface area contributed by atoms with E-state index in [1.807, 2.05) is 6.92 Å². The summed E-state index contributed by atoms with van der Waals surface area (Å²) in [5.41, 5.74) is 0. The predicted octanol–water partition coefficient (Wildman–Crippen LogP) is 1.67. The standard InChI is InChI=1S/C11H21NO2/c1-4-10(11(13)14-3)12-7-5-6-9(2)8-12/h9-10H,4-8H2,1-3H3. The molecule has 1 aliphatic rings. The van der Waals surface area contributed by atoms with Crippen molar-refractivity contribution in [2.75, 3.05) is 20.2 Å². The van der Waals surface area contributed by atoms with Crippen molar-refractivity contribution < 1.29 is 9.53 Å². The van der Waals surface area contributed by atoms with Crippen molar-refractivity contribution in [3.63, 3.8) is 0 Å². The van der Waals surface area contributed by atoms with E-state index in [9.17, 15) is 4.79 Å². The van der Waals surface area contributed by atoms with Gasteiger partial charge >= 0.3 is 5.97 Å². The second kappa shape index (κ2) is 5.35. The Morgan fingerprint density at radius 3 is 2.86 bits per heavy atom. The lowest BCUT2D eigenvalue weighted by atomic mass is 9.98. The van der Waals surface area contributed by atoms with Gasteiger partial charge in [-0.25, -0.2) is 0 Å². The number of nitrogens with zero attached hydrogens (tertiary/aromatic N) is 1. The van der Waals surface area contributed by atoms with Gasteiger partial charge in [-0.05, 0) is 31.7 Å². The smallest absolute Gasteiger partial charge is 0.323 e. The monoisotopic (exact) mass is 199 g/mol. The van der Waals surface area contributed by atoms with Crippen LogP contribution in [0.5, 0.6) is 0 Å². The first-order valence-corrected chi connectivity index (χ1v) is 5.51. The number of rotatable bonds is 3. The van der Waals surface area contributed by atoms with E-state index in [0.29, 0.717) is 5.92 Å². The zero-order valence-corrected chi connectivity index (χ0v) is 9.45. The maximum atomic E-state index is 11.5. The summed E-state index contributed by atoms with van der Waals surface area (Å²) in [6.07, 6.45) is 3.34. The Hall–Kier alpha value is -0.570. The summed E-state index contributed by atoms with van der Waals surface area (Å²) in [7, 11) is 1.47. The van der Waals surface area contributed by atoms with E-state index >= 15 is 0 Å². The third-order valence-electron chi connectivity index (χ3n) is 2.99. The van der Waals surface area contributed by atoms with E-state index in [1.54, 1.807) is 0 Å². The fourth-order valence-corrected chi connectivity index (χ4v) is 2.22. The summed E-state index contributed by atoms with van der Waals surface area (Å²) in [4.78, 5) is 13.7. The van der Waals surface area contributed by atoms with Crippen LogP contribution in [0.25, 0.3) is 0 Å². The Morgan fingerprint density at radius 2 is 2.36 bits per heavy atom. The molecule has 1 rings (SSSR count). The molecule has 0 spiro atoms. The molecule has 0 radical (unpaired) electrons. The maximum absolute atomic E-state index is 11.5. The lowest BCUT2D eigenvalue weighted by Crippen LogP contribution is -2.46. The van der Waals surface area contributed by atoms with Crippen LogP contribution in [0.4, 0.5) is 0 Å². The molecule has 1 fully saturated rings. The quantitative estimate of drug-likeness (QED) is 0.648. The molecule has 0 aromatic heterocycles. The van der Waals surface area contributed by atoms with Gasteiger partial charge in [0.2, 0.25) is 0 Å². The summed E-state index contributed by atoms with van der Waals surface area (Å²) < 4.78 is 4.81. The molecular formula is C11H21NO2. The zero-order chi connectivity index (χ0) is 10.6. The molecule has 1 aliphatic heterocycles. The average Bonchev–Trinajstić information content (AvgIpc) is 2.19. The van der Waals surface area contributed by atoms with Crippen molar-refractivity contribution >= 4 is 5.97 Å². The number of hydrogen-bond donors (Lipinski definition) is 0. The number of piperidine rings is 1. The van der Waals surface area contributed by atoms with E-state index < -0.39 is 0 Å². The molecule has 0 aromatic carbocycles. The molecule has 2 atom stereocenters. The topological polar surface area (TPSA) is 29.5 Å². The zero-order valence-electron chi connectivity index (χ0n) is 9.45. The fraction of sp³-hybridized carbons (Fsp3) is 0.909. The molecule has 3 heteroatoms. The van der Waals surface area contributed by atoms with Gasteiger partial charge in [-0.1, -0.05) is 13.8 Å². The summed E-state index contributed by atoms with van der Waals surface area (Å²) in [6.45, 7) is 6.36. The van der Waals surface area contributed by atoms with E-state index in [4.69, 9.17) is 4.74 Å². The predicted molar refractivity (Wildman–Crippen MR) is 56.1 cm³/mol. The van der Waals surface area contributed by atoms with E-state index in [0.717, 1.165) is 19.5 Å². The number of likely N-dealkylation sites (tertiary alicyclic amines) is 1. The van der Waals surface area contributed by atoms with Gasteiger partial charge < -0.3 is 4.74 Å². The number of hydrogen-bond acceptors (Lipinski definition) is 3. The van der Waals surface area contributed by atoms with Gasteiger partial charge in [0.1, 0.15) is 6.04 Å². The van der Waals surface area contributed by atoms with Gasteiger partial charge in [0.15, 0.2) is 0 Å². The van der Waals surface area contributed by atoms with E-state index in [2.05, 4.69) is 11.8 Å². The number of carbonyl (C=O) groups is 1. The fourth-order valence-electron chi connectivity index (χ4n) is 2.22. The van der Waals surface area contributed by atoms with Gasteiger partial charge in [-0.2, -0.15) is 0 Å². The Labute approximate surface area is 86.4 Å².